The molecule has 1 amide bonds. The lowest BCUT2D eigenvalue weighted by Crippen LogP contribution is -2.50. The van der Waals surface area contributed by atoms with Gasteiger partial charge in [-0.05, 0) is 49.1 Å². The van der Waals surface area contributed by atoms with E-state index < -0.39 is 5.54 Å². The van der Waals surface area contributed by atoms with Crippen LogP contribution in [0, 0.1) is 6.92 Å². The zero-order valence-corrected chi connectivity index (χ0v) is 16.8. The second kappa shape index (κ2) is 7.49. The summed E-state index contributed by atoms with van der Waals surface area (Å²) in [6, 6.07) is 14.2. The molecule has 3 aromatic rings. The van der Waals surface area contributed by atoms with Gasteiger partial charge < -0.3 is 14.5 Å². The Kier molecular flexibility index (Phi) is 5.06. The van der Waals surface area contributed by atoms with Crippen LogP contribution in [0.2, 0.25) is 0 Å². The number of hydrogen-bond acceptors (Lipinski definition) is 3. The number of rotatable bonds is 4. The third-order valence-corrected chi connectivity index (χ3v) is 5.76. The number of ether oxygens (including phenoxy) is 1. The minimum Gasteiger partial charge on any atom is -0.464 e. The quantitative estimate of drug-likeness (QED) is 0.645. The molecule has 1 aliphatic heterocycles. The van der Waals surface area contributed by atoms with Crippen molar-refractivity contribution in [1.29, 1.82) is 0 Å². The number of carbonyl (C=O) groups excluding carboxylic acids is 1. The fraction of sp³-hybridized carbons (Fsp3) is 0.318. The first-order chi connectivity index (χ1) is 13.1. The molecule has 5 heteroatoms. The average Bonchev–Trinajstić information content (AvgIpc) is 3.04. The van der Waals surface area contributed by atoms with Gasteiger partial charge in [0.15, 0.2) is 0 Å². The first-order valence-electron chi connectivity index (χ1n) is 9.17. The minimum absolute atomic E-state index is 0.000139. The highest BCUT2D eigenvalue weighted by molar-refractivity contribution is 9.10. The first kappa shape index (κ1) is 18.3. The van der Waals surface area contributed by atoms with Gasteiger partial charge in [-0.15, -0.1) is 0 Å². The molecule has 1 aromatic heterocycles. The molecule has 0 bridgehead atoms. The van der Waals surface area contributed by atoms with E-state index in [9.17, 15) is 4.79 Å². The predicted molar refractivity (Wildman–Crippen MR) is 109 cm³/mol. The highest BCUT2D eigenvalue weighted by Gasteiger charge is 2.36. The molecule has 0 radical (unpaired) electrons. The van der Waals surface area contributed by atoms with Gasteiger partial charge in [-0.2, -0.15) is 0 Å². The summed E-state index contributed by atoms with van der Waals surface area (Å²) in [5.74, 6) is 0.000139. The van der Waals surface area contributed by atoms with Crippen LogP contribution in [0.3, 0.4) is 0 Å². The maximum absolute atomic E-state index is 12.9. The van der Waals surface area contributed by atoms with Crippen LogP contribution in [0.15, 0.2) is 57.6 Å². The topological polar surface area (TPSA) is 51.5 Å². The summed E-state index contributed by atoms with van der Waals surface area (Å²) in [5, 5.41) is 4.31. The number of nitrogens with one attached hydrogen (secondary N) is 1. The predicted octanol–water partition coefficient (Wildman–Crippen LogP) is 4.87. The number of halogens is 1. The van der Waals surface area contributed by atoms with Gasteiger partial charge in [0.2, 0.25) is 5.91 Å². The van der Waals surface area contributed by atoms with E-state index in [1.165, 1.54) is 0 Å². The van der Waals surface area contributed by atoms with Gasteiger partial charge in [0, 0.05) is 28.6 Å². The van der Waals surface area contributed by atoms with Gasteiger partial charge in [0.05, 0.1) is 18.2 Å². The van der Waals surface area contributed by atoms with Gasteiger partial charge in [0.1, 0.15) is 5.58 Å². The molecule has 2 aromatic carbocycles. The van der Waals surface area contributed by atoms with E-state index in [1.807, 2.05) is 37.3 Å². The lowest BCUT2D eigenvalue weighted by Gasteiger charge is -2.38. The Balaban J connectivity index is 1.58. The molecule has 4 rings (SSSR count). The van der Waals surface area contributed by atoms with Crippen molar-refractivity contribution < 1.29 is 13.9 Å². The van der Waals surface area contributed by atoms with Gasteiger partial charge in [-0.3, -0.25) is 4.79 Å². The summed E-state index contributed by atoms with van der Waals surface area (Å²) >= 11 is 3.54. The minimum atomic E-state index is -0.394. The highest BCUT2D eigenvalue weighted by atomic mass is 79.9. The normalized spacial score (nSPS) is 16.4. The Hall–Kier alpha value is -2.11. The van der Waals surface area contributed by atoms with Crippen molar-refractivity contribution in [2.75, 3.05) is 13.2 Å². The maximum Gasteiger partial charge on any atom is 0.225 e. The molecule has 140 valence electrons. The summed E-state index contributed by atoms with van der Waals surface area (Å²) in [6.07, 6.45) is 3.52. The van der Waals surface area contributed by atoms with Crippen LogP contribution in [0.1, 0.15) is 29.5 Å². The van der Waals surface area contributed by atoms with E-state index in [2.05, 4.69) is 33.4 Å². The molecule has 0 atom stereocenters. The van der Waals surface area contributed by atoms with Crippen LogP contribution >= 0.6 is 15.9 Å². The lowest BCUT2D eigenvalue weighted by atomic mass is 9.82. The number of amides is 1. The number of furan rings is 1. The number of carbonyl (C=O) groups is 1. The van der Waals surface area contributed by atoms with Crippen LogP contribution in [0.5, 0.6) is 0 Å². The lowest BCUT2D eigenvalue weighted by molar-refractivity contribution is -0.123. The van der Waals surface area contributed by atoms with E-state index in [-0.39, 0.29) is 5.91 Å². The summed E-state index contributed by atoms with van der Waals surface area (Å²) in [6.45, 7) is 3.31. The summed E-state index contributed by atoms with van der Waals surface area (Å²) in [5.41, 5.74) is 3.60. The molecule has 1 N–H and O–H groups in total. The van der Waals surface area contributed by atoms with Crippen molar-refractivity contribution in [2.24, 2.45) is 0 Å². The van der Waals surface area contributed by atoms with E-state index in [4.69, 9.17) is 9.15 Å². The third-order valence-electron chi connectivity index (χ3n) is 5.26. The summed E-state index contributed by atoms with van der Waals surface area (Å²) in [7, 11) is 0. The van der Waals surface area contributed by atoms with Crippen LogP contribution in [-0.4, -0.2) is 19.1 Å². The van der Waals surface area contributed by atoms with Gasteiger partial charge in [-0.25, -0.2) is 0 Å². The summed E-state index contributed by atoms with van der Waals surface area (Å²) in [4.78, 5) is 12.9. The highest BCUT2D eigenvalue weighted by Crippen LogP contribution is 2.34. The number of aryl methyl sites for hydroxylation is 1. The van der Waals surface area contributed by atoms with Crippen LogP contribution in [0.4, 0.5) is 0 Å². The molecule has 1 fully saturated rings. The zero-order chi connectivity index (χ0) is 18.9. The number of hydrogen-bond donors (Lipinski definition) is 1. The fourth-order valence-electron chi connectivity index (χ4n) is 3.80. The van der Waals surface area contributed by atoms with E-state index >= 15 is 0 Å². The standard InChI is InChI=1S/C22H22BrNO3/c1-15-5-6-19-16(14-27-20(19)11-15)12-21(25)24-22(7-9-26-10-8-22)17-3-2-4-18(23)13-17/h2-6,11,13-14H,7-10,12H2,1H3,(H,24,25). The molecule has 2 heterocycles. The largest absolute Gasteiger partial charge is 0.464 e. The number of fused-ring (bicyclic) bond motifs is 1. The van der Waals surface area contributed by atoms with Crippen molar-refractivity contribution >= 4 is 32.8 Å². The monoisotopic (exact) mass is 427 g/mol. The smallest absolute Gasteiger partial charge is 0.225 e. The second-order valence-electron chi connectivity index (χ2n) is 7.19. The molecule has 1 aliphatic rings. The van der Waals surface area contributed by atoms with E-state index in [1.54, 1.807) is 6.26 Å². The Morgan fingerprint density at radius 2 is 2.00 bits per heavy atom. The second-order valence-corrected chi connectivity index (χ2v) is 8.11. The van der Waals surface area contributed by atoms with E-state index in [0.717, 1.165) is 45.0 Å². The molecule has 0 saturated carbocycles. The molecule has 1 saturated heterocycles. The van der Waals surface area contributed by atoms with Crippen molar-refractivity contribution in [1.82, 2.24) is 5.32 Å². The van der Waals surface area contributed by atoms with Crippen molar-refractivity contribution in [2.45, 2.75) is 31.7 Å². The maximum atomic E-state index is 12.9. The molecule has 4 nitrogen and oxygen atoms in total. The Labute approximate surface area is 167 Å². The zero-order valence-electron chi connectivity index (χ0n) is 15.3. The van der Waals surface area contributed by atoms with Crippen molar-refractivity contribution in [3.05, 3.63) is 69.9 Å². The van der Waals surface area contributed by atoms with Crippen LogP contribution in [-0.2, 0) is 21.5 Å². The first-order valence-corrected chi connectivity index (χ1v) is 9.97. The molecule has 27 heavy (non-hydrogen) atoms. The van der Waals surface area contributed by atoms with Gasteiger partial charge >= 0.3 is 0 Å². The van der Waals surface area contributed by atoms with E-state index in [0.29, 0.717) is 19.6 Å². The molecule has 0 unspecified atom stereocenters. The molecule has 0 aliphatic carbocycles. The third kappa shape index (κ3) is 3.80. The Bertz CT molecular complexity index is 973. The van der Waals surface area contributed by atoms with Crippen molar-refractivity contribution in [3.8, 4) is 0 Å². The fourth-order valence-corrected chi connectivity index (χ4v) is 4.20. The number of benzene rings is 2. The average molecular weight is 428 g/mol. The molecular weight excluding hydrogens is 406 g/mol. The Morgan fingerprint density at radius 3 is 2.78 bits per heavy atom. The van der Waals surface area contributed by atoms with Crippen molar-refractivity contribution in [3.63, 3.8) is 0 Å². The molecular formula is C22H22BrNO3. The SMILES string of the molecule is Cc1ccc2c(CC(=O)NC3(c4cccc(Br)c4)CCOCC3)coc2c1. The summed E-state index contributed by atoms with van der Waals surface area (Å²) < 4.78 is 12.2. The van der Waals surface area contributed by atoms with Gasteiger partial charge in [-0.1, -0.05) is 40.2 Å². The Morgan fingerprint density at radius 1 is 1.19 bits per heavy atom. The van der Waals surface area contributed by atoms with Gasteiger partial charge in [0.25, 0.3) is 0 Å². The molecule has 0 spiro atoms. The van der Waals surface area contributed by atoms with Crippen LogP contribution < -0.4 is 5.32 Å². The van der Waals surface area contributed by atoms with Crippen LogP contribution in [0.25, 0.3) is 11.0 Å².